The molecular formula is C30H49NO2. The minimum atomic E-state index is 0.344. The van der Waals surface area contributed by atoms with E-state index in [1.807, 2.05) is 24.3 Å². The van der Waals surface area contributed by atoms with E-state index in [1.165, 1.54) is 83.5 Å². The molecule has 0 aliphatic heterocycles. The number of hydrogen-bond donors (Lipinski definition) is 3. The third-order valence-corrected chi connectivity index (χ3v) is 6.26. The first-order valence-electron chi connectivity index (χ1n) is 13.4. The number of nitrogens with two attached hydrogens (primary N) is 1. The van der Waals surface area contributed by atoms with Gasteiger partial charge < -0.3 is 15.9 Å². The molecule has 0 unspecified atom stereocenters. The molecule has 0 atom stereocenters. The highest BCUT2D eigenvalue weighted by Gasteiger charge is 2.04. The van der Waals surface area contributed by atoms with E-state index < -0.39 is 0 Å². The van der Waals surface area contributed by atoms with Crippen LogP contribution in [0.4, 0.5) is 5.69 Å². The number of benzene rings is 2. The number of rotatable bonds is 16. The summed E-state index contributed by atoms with van der Waals surface area (Å²) < 4.78 is 0. The molecular weight excluding hydrogens is 406 g/mol. The Morgan fingerprint density at radius 1 is 0.545 bits per heavy atom. The van der Waals surface area contributed by atoms with Gasteiger partial charge in [-0.15, -0.1) is 0 Å². The molecule has 0 heterocycles. The predicted molar refractivity (Wildman–Crippen MR) is 144 cm³/mol. The van der Waals surface area contributed by atoms with Crippen LogP contribution in [0.3, 0.4) is 0 Å². The maximum absolute atomic E-state index is 9.68. The lowest BCUT2D eigenvalue weighted by Gasteiger charge is -2.07. The van der Waals surface area contributed by atoms with E-state index in [0.717, 1.165) is 36.1 Å². The van der Waals surface area contributed by atoms with Crippen LogP contribution in [-0.2, 0) is 12.8 Å². The maximum atomic E-state index is 9.68. The molecule has 0 aliphatic carbocycles. The summed E-state index contributed by atoms with van der Waals surface area (Å²) in [5.74, 6) is 0.796. The summed E-state index contributed by atoms with van der Waals surface area (Å²) in [6.07, 6.45) is 20.2. The smallest absolute Gasteiger partial charge is 0.120 e. The molecule has 3 nitrogen and oxygen atoms in total. The van der Waals surface area contributed by atoms with Crippen molar-refractivity contribution in [1.29, 1.82) is 0 Å². The van der Waals surface area contributed by atoms with Gasteiger partial charge >= 0.3 is 0 Å². The molecule has 3 heteroatoms. The number of nitrogen functional groups attached to an aromatic ring is 1. The average Bonchev–Trinajstić information content (AvgIpc) is 2.81. The minimum Gasteiger partial charge on any atom is -0.508 e. The molecule has 0 radical (unpaired) electrons. The van der Waals surface area contributed by atoms with Crippen molar-refractivity contribution in [3.8, 4) is 11.5 Å². The van der Waals surface area contributed by atoms with Crippen LogP contribution in [0, 0.1) is 0 Å². The minimum absolute atomic E-state index is 0.344. The van der Waals surface area contributed by atoms with E-state index in [2.05, 4.69) is 13.8 Å². The first kappa shape index (κ1) is 28.9. The number of aromatic hydroxyl groups is 2. The molecule has 186 valence electrons. The van der Waals surface area contributed by atoms with Gasteiger partial charge in [0.15, 0.2) is 0 Å². The Kier molecular flexibility index (Phi) is 16.9. The maximum Gasteiger partial charge on any atom is 0.120 e. The summed E-state index contributed by atoms with van der Waals surface area (Å²) in [6, 6.07) is 13.0. The fraction of sp³-hybridized carbons (Fsp3) is 0.600. The van der Waals surface area contributed by atoms with Crippen LogP contribution < -0.4 is 5.73 Å². The summed E-state index contributed by atoms with van der Waals surface area (Å²) in [6.45, 7) is 4.49. The lowest BCUT2D eigenvalue weighted by atomic mass is 10.0. The van der Waals surface area contributed by atoms with Crippen LogP contribution in [0.2, 0.25) is 0 Å². The zero-order chi connectivity index (χ0) is 24.2. The van der Waals surface area contributed by atoms with E-state index in [0.29, 0.717) is 11.5 Å². The van der Waals surface area contributed by atoms with E-state index in [4.69, 9.17) is 5.73 Å². The van der Waals surface area contributed by atoms with Crippen molar-refractivity contribution < 1.29 is 10.2 Å². The van der Waals surface area contributed by atoms with Crippen molar-refractivity contribution in [3.05, 3.63) is 53.6 Å². The molecule has 0 bridgehead atoms. The third kappa shape index (κ3) is 13.9. The Balaban J connectivity index is 0.000000331. The third-order valence-electron chi connectivity index (χ3n) is 6.26. The molecule has 0 fully saturated rings. The average molecular weight is 456 g/mol. The molecule has 2 aromatic rings. The first-order chi connectivity index (χ1) is 16.1. The fourth-order valence-corrected chi connectivity index (χ4v) is 4.12. The molecule has 0 aromatic heterocycles. The summed E-state index contributed by atoms with van der Waals surface area (Å²) in [4.78, 5) is 0. The number of anilines is 1. The molecule has 33 heavy (non-hydrogen) atoms. The Morgan fingerprint density at radius 2 is 1.03 bits per heavy atom. The normalized spacial score (nSPS) is 10.6. The Morgan fingerprint density at radius 3 is 1.58 bits per heavy atom. The van der Waals surface area contributed by atoms with Crippen molar-refractivity contribution in [2.45, 2.75) is 117 Å². The van der Waals surface area contributed by atoms with Crippen LogP contribution in [0.25, 0.3) is 0 Å². The van der Waals surface area contributed by atoms with Gasteiger partial charge in [-0.05, 0) is 49.4 Å². The molecule has 0 aliphatic rings. The second-order valence-electron chi connectivity index (χ2n) is 9.22. The van der Waals surface area contributed by atoms with Crippen LogP contribution in [0.15, 0.2) is 42.5 Å². The highest BCUT2D eigenvalue weighted by molar-refractivity contribution is 5.53. The molecule has 0 amide bonds. The summed E-state index contributed by atoms with van der Waals surface area (Å²) in [7, 11) is 0. The predicted octanol–water partition coefficient (Wildman–Crippen LogP) is 8.95. The van der Waals surface area contributed by atoms with Gasteiger partial charge in [-0.2, -0.15) is 0 Å². The van der Waals surface area contributed by atoms with Crippen LogP contribution in [0.5, 0.6) is 11.5 Å². The summed E-state index contributed by atoms with van der Waals surface area (Å²) in [5.41, 5.74) is 8.57. The van der Waals surface area contributed by atoms with Crippen molar-refractivity contribution in [3.63, 3.8) is 0 Å². The number of aryl methyl sites for hydroxylation is 1. The van der Waals surface area contributed by atoms with Crippen molar-refractivity contribution in [2.24, 2.45) is 0 Å². The number of phenols is 2. The SMILES string of the molecule is CCCCCCCCCc1c(N)cccc1O.CCCCCCCCCc1ccccc1O. The largest absolute Gasteiger partial charge is 0.508 e. The first-order valence-corrected chi connectivity index (χ1v) is 13.4. The molecule has 4 N–H and O–H groups in total. The van der Waals surface area contributed by atoms with Gasteiger partial charge in [-0.3, -0.25) is 0 Å². The summed E-state index contributed by atoms with van der Waals surface area (Å²) in [5, 5.41) is 19.3. The highest BCUT2D eigenvalue weighted by atomic mass is 16.3. The molecule has 0 saturated heterocycles. The van der Waals surface area contributed by atoms with Crippen molar-refractivity contribution >= 4 is 5.69 Å². The lowest BCUT2D eigenvalue weighted by molar-refractivity contribution is 0.465. The monoisotopic (exact) mass is 455 g/mol. The van der Waals surface area contributed by atoms with Gasteiger partial charge in [-0.25, -0.2) is 0 Å². The van der Waals surface area contributed by atoms with E-state index in [9.17, 15) is 10.2 Å². The van der Waals surface area contributed by atoms with Gasteiger partial charge in [0.1, 0.15) is 11.5 Å². The van der Waals surface area contributed by atoms with Crippen molar-refractivity contribution in [2.75, 3.05) is 5.73 Å². The van der Waals surface area contributed by atoms with Crippen LogP contribution in [-0.4, -0.2) is 10.2 Å². The van der Waals surface area contributed by atoms with Crippen LogP contribution >= 0.6 is 0 Å². The Bertz CT molecular complexity index is 709. The number of hydrogen-bond acceptors (Lipinski definition) is 3. The molecule has 2 aromatic carbocycles. The topological polar surface area (TPSA) is 66.5 Å². The zero-order valence-corrected chi connectivity index (χ0v) is 21.3. The molecule has 2 rings (SSSR count). The number of unbranched alkanes of at least 4 members (excludes halogenated alkanes) is 12. The van der Waals surface area contributed by atoms with Crippen LogP contribution in [0.1, 0.15) is 115 Å². The second kappa shape index (κ2) is 19.3. The standard InChI is InChI=1S/C15H25NO.C15H24O/c1-2-3-4-5-6-7-8-10-13-14(16)11-9-12-15(13)17;1-2-3-4-5-6-7-8-11-14-12-9-10-13-15(14)16/h9,11-12,17H,2-8,10,16H2,1H3;9-10,12-13,16H,2-8,11H2,1H3. The lowest BCUT2D eigenvalue weighted by Crippen LogP contribution is -1.95. The fourth-order valence-electron chi connectivity index (χ4n) is 4.12. The molecule has 0 spiro atoms. The van der Waals surface area contributed by atoms with Gasteiger partial charge in [0.25, 0.3) is 0 Å². The Hall–Kier alpha value is -2.16. The zero-order valence-electron chi connectivity index (χ0n) is 21.3. The van der Waals surface area contributed by atoms with Gasteiger partial charge in [0.05, 0.1) is 0 Å². The summed E-state index contributed by atoms with van der Waals surface area (Å²) >= 11 is 0. The highest BCUT2D eigenvalue weighted by Crippen LogP contribution is 2.25. The quantitative estimate of drug-likeness (QED) is 0.175. The van der Waals surface area contributed by atoms with Crippen molar-refractivity contribution in [1.82, 2.24) is 0 Å². The van der Waals surface area contributed by atoms with E-state index in [-0.39, 0.29) is 0 Å². The van der Waals surface area contributed by atoms with E-state index in [1.54, 1.807) is 18.2 Å². The van der Waals surface area contributed by atoms with Gasteiger partial charge in [-0.1, -0.05) is 115 Å². The van der Waals surface area contributed by atoms with Gasteiger partial charge in [0.2, 0.25) is 0 Å². The second-order valence-corrected chi connectivity index (χ2v) is 9.22. The van der Waals surface area contributed by atoms with E-state index >= 15 is 0 Å². The number of para-hydroxylation sites is 1. The Labute approximate surface area is 203 Å². The van der Waals surface area contributed by atoms with Gasteiger partial charge in [0, 0.05) is 11.3 Å². The molecule has 0 saturated carbocycles. The number of phenolic OH excluding ortho intramolecular Hbond substituents is 2.